The highest BCUT2D eigenvalue weighted by atomic mass is 32.1. The summed E-state index contributed by atoms with van der Waals surface area (Å²) < 4.78 is 5.35. The van der Waals surface area contributed by atoms with Gasteiger partial charge in [0, 0.05) is 4.88 Å². The predicted octanol–water partition coefficient (Wildman–Crippen LogP) is 2.45. The molecule has 1 aromatic heterocycles. The van der Waals surface area contributed by atoms with Crippen molar-refractivity contribution in [2.75, 3.05) is 6.61 Å². The maximum absolute atomic E-state index is 11.6. The zero-order valence-corrected chi connectivity index (χ0v) is 12.3. The van der Waals surface area contributed by atoms with Crippen LogP contribution in [0.5, 0.6) is 5.75 Å². The summed E-state index contributed by atoms with van der Waals surface area (Å²) in [5, 5.41) is 13.6. The maximum atomic E-state index is 11.6. The number of amides is 1. The summed E-state index contributed by atoms with van der Waals surface area (Å²) in [5.74, 6) is -0.722. The van der Waals surface area contributed by atoms with Gasteiger partial charge in [-0.1, -0.05) is 6.07 Å². The van der Waals surface area contributed by atoms with Gasteiger partial charge in [-0.2, -0.15) is 0 Å². The molecule has 5 nitrogen and oxygen atoms in total. The van der Waals surface area contributed by atoms with E-state index >= 15 is 0 Å². The van der Waals surface area contributed by atoms with E-state index in [1.807, 2.05) is 17.5 Å². The van der Waals surface area contributed by atoms with Crippen LogP contribution < -0.4 is 10.1 Å². The molecule has 0 saturated heterocycles. The molecule has 0 aliphatic rings. The van der Waals surface area contributed by atoms with Gasteiger partial charge >= 0.3 is 5.97 Å². The molecule has 0 bridgehead atoms. The van der Waals surface area contributed by atoms with Crippen molar-refractivity contribution in [2.45, 2.75) is 13.5 Å². The second kappa shape index (κ2) is 6.90. The van der Waals surface area contributed by atoms with Crippen molar-refractivity contribution in [2.24, 2.45) is 0 Å². The Morgan fingerprint density at radius 2 is 2.14 bits per heavy atom. The lowest BCUT2D eigenvalue weighted by Crippen LogP contribution is -2.28. The average molecular weight is 305 g/mol. The summed E-state index contributed by atoms with van der Waals surface area (Å²) in [4.78, 5) is 23.6. The van der Waals surface area contributed by atoms with Crippen LogP contribution in [-0.4, -0.2) is 23.6 Å². The zero-order chi connectivity index (χ0) is 15.2. The van der Waals surface area contributed by atoms with Gasteiger partial charge in [0.2, 0.25) is 0 Å². The SMILES string of the molecule is Cc1cc(OCC(=O)NCc2cccs2)ccc1C(=O)O. The third kappa shape index (κ3) is 4.32. The Morgan fingerprint density at radius 1 is 1.33 bits per heavy atom. The summed E-state index contributed by atoms with van der Waals surface area (Å²) >= 11 is 1.57. The van der Waals surface area contributed by atoms with Gasteiger partial charge in [-0.05, 0) is 42.1 Å². The molecule has 21 heavy (non-hydrogen) atoms. The number of carbonyl (C=O) groups excluding carboxylic acids is 1. The van der Waals surface area contributed by atoms with Crippen molar-refractivity contribution in [3.8, 4) is 5.75 Å². The van der Waals surface area contributed by atoms with Crippen LogP contribution in [0.2, 0.25) is 0 Å². The number of aromatic carboxylic acids is 1. The number of carboxylic acid groups (broad SMARTS) is 1. The second-order valence-electron chi connectivity index (χ2n) is 4.43. The van der Waals surface area contributed by atoms with Gasteiger partial charge in [-0.3, -0.25) is 4.79 Å². The molecule has 0 aliphatic carbocycles. The highest BCUT2D eigenvalue weighted by Gasteiger charge is 2.09. The van der Waals surface area contributed by atoms with Gasteiger partial charge in [0.25, 0.3) is 5.91 Å². The topological polar surface area (TPSA) is 75.6 Å². The van der Waals surface area contributed by atoms with E-state index in [0.29, 0.717) is 17.9 Å². The van der Waals surface area contributed by atoms with Crippen molar-refractivity contribution >= 4 is 23.2 Å². The number of hydrogen-bond acceptors (Lipinski definition) is 4. The van der Waals surface area contributed by atoms with E-state index in [1.165, 1.54) is 6.07 Å². The Bertz CT molecular complexity index is 637. The normalized spacial score (nSPS) is 10.1. The molecule has 1 heterocycles. The van der Waals surface area contributed by atoms with E-state index in [2.05, 4.69) is 5.32 Å². The molecule has 0 spiro atoms. The van der Waals surface area contributed by atoms with E-state index < -0.39 is 5.97 Å². The molecule has 6 heteroatoms. The molecule has 0 saturated carbocycles. The molecule has 2 rings (SSSR count). The van der Waals surface area contributed by atoms with Crippen molar-refractivity contribution in [1.29, 1.82) is 0 Å². The quantitative estimate of drug-likeness (QED) is 0.859. The van der Waals surface area contributed by atoms with Gasteiger partial charge in [-0.25, -0.2) is 4.79 Å². The minimum atomic E-state index is -0.979. The smallest absolute Gasteiger partial charge is 0.335 e. The molecule has 2 N–H and O–H groups in total. The van der Waals surface area contributed by atoms with Crippen LogP contribution in [0.3, 0.4) is 0 Å². The predicted molar refractivity (Wildman–Crippen MR) is 79.8 cm³/mol. The van der Waals surface area contributed by atoms with Crippen molar-refractivity contribution < 1.29 is 19.4 Å². The fraction of sp³-hybridized carbons (Fsp3) is 0.200. The Kier molecular flexibility index (Phi) is 4.94. The molecule has 0 atom stereocenters. The lowest BCUT2D eigenvalue weighted by atomic mass is 10.1. The Hall–Kier alpha value is -2.34. The third-order valence-electron chi connectivity index (χ3n) is 2.84. The van der Waals surface area contributed by atoms with Crippen LogP contribution in [-0.2, 0) is 11.3 Å². The van der Waals surface area contributed by atoms with E-state index in [9.17, 15) is 9.59 Å². The first kappa shape index (κ1) is 15.1. The highest BCUT2D eigenvalue weighted by molar-refractivity contribution is 7.09. The van der Waals surface area contributed by atoms with Gasteiger partial charge < -0.3 is 15.2 Å². The average Bonchev–Trinajstić information content (AvgIpc) is 2.95. The number of aryl methyl sites for hydroxylation is 1. The van der Waals surface area contributed by atoms with Crippen LogP contribution in [0.1, 0.15) is 20.8 Å². The van der Waals surface area contributed by atoms with Gasteiger partial charge in [0.05, 0.1) is 12.1 Å². The number of rotatable bonds is 6. The molecular formula is C15H15NO4S. The minimum absolute atomic E-state index is 0.1000. The molecule has 0 radical (unpaired) electrons. The fourth-order valence-corrected chi connectivity index (χ4v) is 2.41. The van der Waals surface area contributed by atoms with Gasteiger partial charge in [0.15, 0.2) is 6.61 Å². The number of benzene rings is 1. The van der Waals surface area contributed by atoms with Crippen LogP contribution in [0.4, 0.5) is 0 Å². The first-order valence-electron chi connectivity index (χ1n) is 6.32. The highest BCUT2D eigenvalue weighted by Crippen LogP contribution is 2.17. The Morgan fingerprint density at radius 3 is 2.76 bits per heavy atom. The van der Waals surface area contributed by atoms with E-state index in [-0.39, 0.29) is 18.1 Å². The van der Waals surface area contributed by atoms with Crippen LogP contribution in [0, 0.1) is 6.92 Å². The second-order valence-corrected chi connectivity index (χ2v) is 5.46. The van der Waals surface area contributed by atoms with E-state index in [1.54, 1.807) is 30.4 Å². The summed E-state index contributed by atoms with van der Waals surface area (Å²) in [7, 11) is 0. The van der Waals surface area contributed by atoms with Crippen LogP contribution >= 0.6 is 11.3 Å². The minimum Gasteiger partial charge on any atom is -0.484 e. The zero-order valence-electron chi connectivity index (χ0n) is 11.5. The molecular weight excluding hydrogens is 290 g/mol. The van der Waals surface area contributed by atoms with E-state index in [0.717, 1.165) is 4.88 Å². The standard InChI is InChI=1S/C15H15NO4S/c1-10-7-11(4-5-13(10)15(18)19)20-9-14(17)16-8-12-3-2-6-21-12/h2-7H,8-9H2,1H3,(H,16,17)(H,18,19). The Labute approximate surface area is 126 Å². The molecule has 1 aromatic carbocycles. The Balaban J connectivity index is 1.83. The largest absolute Gasteiger partial charge is 0.484 e. The van der Waals surface area contributed by atoms with Crippen molar-refractivity contribution in [3.05, 3.63) is 51.7 Å². The molecule has 0 aliphatic heterocycles. The van der Waals surface area contributed by atoms with Crippen LogP contribution in [0.15, 0.2) is 35.7 Å². The number of nitrogens with one attached hydrogen (secondary N) is 1. The lowest BCUT2D eigenvalue weighted by molar-refractivity contribution is -0.123. The maximum Gasteiger partial charge on any atom is 0.335 e. The first-order valence-corrected chi connectivity index (χ1v) is 7.20. The number of carboxylic acids is 1. The summed E-state index contributed by atoms with van der Waals surface area (Å²) in [6, 6.07) is 8.49. The van der Waals surface area contributed by atoms with E-state index in [4.69, 9.17) is 9.84 Å². The number of ether oxygens (including phenoxy) is 1. The molecule has 1 amide bonds. The number of thiophene rings is 1. The third-order valence-corrected chi connectivity index (χ3v) is 3.71. The van der Waals surface area contributed by atoms with Gasteiger partial charge in [0.1, 0.15) is 5.75 Å². The van der Waals surface area contributed by atoms with Crippen molar-refractivity contribution in [3.63, 3.8) is 0 Å². The van der Waals surface area contributed by atoms with Crippen molar-refractivity contribution in [1.82, 2.24) is 5.32 Å². The molecule has 0 unspecified atom stereocenters. The fourth-order valence-electron chi connectivity index (χ4n) is 1.76. The summed E-state index contributed by atoms with van der Waals surface area (Å²) in [6.07, 6.45) is 0. The van der Waals surface area contributed by atoms with Gasteiger partial charge in [-0.15, -0.1) is 11.3 Å². The molecule has 2 aromatic rings. The molecule has 110 valence electrons. The monoisotopic (exact) mass is 305 g/mol. The molecule has 0 fully saturated rings. The first-order chi connectivity index (χ1) is 10.1. The number of hydrogen-bond donors (Lipinski definition) is 2. The summed E-state index contributed by atoms with van der Waals surface area (Å²) in [6.45, 7) is 2.07. The lowest BCUT2D eigenvalue weighted by Gasteiger charge is -2.08. The summed E-state index contributed by atoms with van der Waals surface area (Å²) in [5.41, 5.74) is 0.823. The van der Waals surface area contributed by atoms with Crippen LogP contribution in [0.25, 0.3) is 0 Å². The number of carbonyl (C=O) groups is 2.